The zero-order valence-corrected chi connectivity index (χ0v) is 15.3. The van der Waals surface area contributed by atoms with Crippen molar-refractivity contribution in [1.29, 1.82) is 0 Å². The Bertz CT molecular complexity index is 1020. The second-order valence-electron chi connectivity index (χ2n) is 6.43. The first kappa shape index (κ1) is 16.9. The lowest BCUT2D eigenvalue weighted by molar-refractivity contribution is 0.0697. The van der Waals surface area contributed by atoms with Crippen molar-refractivity contribution >= 4 is 40.3 Å². The molecule has 3 aromatic rings. The van der Waals surface area contributed by atoms with Gasteiger partial charge in [-0.3, -0.25) is 0 Å². The van der Waals surface area contributed by atoms with Crippen LogP contribution in [0.3, 0.4) is 0 Å². The van der Waals surface area contributed by atoms with Crippen molar-refractivity contribution in [3.05, 3.63) is 70.9 Å². The number of allylic oxidation sites excluding steroid dienone is 1. The molecule has 0 amide bonds. The third-order valence-electron chi connectivity index (χ3n) is 4.84. The van der Waals surface area contributed by atoms with Crippen LogP contribution in [0.2, 0.25) is 0 Å². The van der Waals surface area contributed by atoms with Crippen LogP contribution >= 0.6 is 11.8 Å². The fraction of sp³-hybridized carbons (Fsp3) is 0.182. The van der Waals surface area contributed by atoms with Gasteiger partial charge in [-0.2, -0.15) is 0 Å². The van der Waals surface area contributed by atoms with E-state index in [9.17, 15) is 9.90 Å². The highest BCUT2D eigenvalue weighted by Gasteiger charge is 2.24. The Morgan fingerprint density at radius 3 is 2.62 bits per heavy atom. The molecule has 2 aromatic carbocycles. The highest BCUT2D eigenvalue weighted by Crippen LogP contribution is 2.36. The van der Waals surface area contributed by atoms with Crippen LogP contribution in [0.4, 0.5) is 0 Å². The van der Waals surface area contributed by atoms with Crippen molar-refractivity contribution in [2.45, 2.75) is 24.2 Å². The monoisotopic (exact) mass is 361 g/mol. The zero-order valence-electron chi connectivity index (χ0n) is 14.5. The van der Waals surface area contributed by atoms with Crippen molar-refractivity contribution < 1.29 is 9.90 Å². The molecular formula is C22H19NO2S. The minimum atomic E-state index is -0.870. The highest BCUT2D eigenvalue weighted by molar-refractivity contribution is 7.98. The lowest BCUT2D eigenvalue weighted by Gasteiger charge is -2.21. The van der Waals surface area contributed by atoms with Gasteiger partial charge in [0.05, 0.1) is 16.8 Å². The van der Waals surface area contributed by atoms with Gasteiger partial charge >= 0.3 is 5.97 Å². The Morgan fingerprint density at radius 1 is 1.12 bits per heavy atom. The highest BCUT2D eigenvalue weighted by atomic mass is 32.2. The smallest absolute Gasteiger partial charge is 0.336 e. The van der Waals surface area contributed by atoms with Gasteiger partial charge in [0.15, 0.2) is 0 Å². The Labute approximate surface area is 156 Å². The van der Waals surface area contributed by atoms with Crippen LogP contribution in [0.25, 0.3) is 22.6 Å². The van der Waals surface area contributed by atoms with Crippen LogP contribution in [0.15, 0.2) is 53.4 Å². The molecule has 3 nitrogen and oxygen atoms in total. The summed E-state index contributed by atoms with van der Waals surface area (Å²) in [6.07, 6.45) is 6.84. The van der Waals surface area contributed by atoms with Gasteiger partial charge in [0.1, 0.15) is 0 Å². The number of carbonyl (C=O) groups is 1. The minimum Gasteiger partial charge on any atom is -0.478 e. The Hall–Kier alpha value is -2.59. The second kappa shape index (κ2) is 6.96. The molecule has 0 unspecified atom stereocenters. The molecule has 0 bridgehead atoms. The van der Waals surface area contributed by atoms with Gasteiger partial charge in [-0.15, -0.1) is 11.8 Å². The number of benzene rings is 2. The van der Waals surface area contributed by atoms with Crippen molar-refractivity contribution in [3.63, 3.8) is 0 Å². The first-order valence-electron chi connectivity index (χ1n) is 8.67. The van der Waals surface area contributed by atoms with E-state index in [1.54, 1.807) is 11.8 Å². The van der Waals surface area contributed by atoms with Gasteiger partial charge in [-0.25, -0.2) is 9.78 Å². The summed E-state index contributed by atoms with van der Waals surface area (Å²) in [5.74, 6) is -0.870. The minimum absolute atomic E-state index is 0.411. The number of thioether (sulfide) groups is 1. The Morgan fingerprint density at radius 2 is 1.88 bits per heavy atom. The van der Waals surface area contributed by atoms with Gasteiger partial charge in [0.25, 0.3) is 0 Å². The number of pyridine rings is 1. The van der Waals surface area contributed by atoms with E-state index in [2.05, 4.69) is 36.6 Å². The third-order valence-corrected chi connectivity index (χ3v) is 5.58. The number of aromatic nitrogens is 1. The zero-order chi connectivity index (χ0) is 18.1. The summed E-state index contributed by atoms with van der Waals surface area (Å²) in [5, 5.41) is 10.5. The Balaban J connectivity index is 1.90. The molecule has 0 radical (unpaired) electrons. The molecule has 0 aliphatic heterocycles. The van der Waals surface area contributed by atoms with Crippen LogP contribution in [0.1, 0.15) is 40.0 Å². The molecule has 1 N–H and O–H groups in total. The lowest BCUT2D eigenvalue weighted by atomic mass is 9.86. The molecule has 0 atom stereocenters. The van der Waals surface area contributed by atoms with Crippen LogP contribution in [0.5, 0.6) is 0 Å². The largest absolute Gasteiger partial charge is 0.478 e. The van der Waals surface area contributed by atoms with Crippen molar-refractivity contribution in [3.8, 4) is 0 Å². The van der Waals surface area contributed by atoms with Gasteiger partial charge in [-0.05, 0) is 66.5 Å². The predicted molar refractivity (Wildman–Crippen MR) is 108 cm³/mol. The standard InChI is InChI=1S/C22H19NO2S/c1-26-16-11-9-14(10-12-16)13-15-5-4-7-18-20(22(24)25)17-6-2-3-8-19(17)23-21(15)18/h2-3,6,8-13H,4-5,7H2,1H3,(H,24,25). The van der Waals surface area contributed by atoms with Crippen LogP contribution in [-0.2, 0) is 6.42 Å². The number of carboxylic acids is 1. The van der Waals surface area contributed by atoms with E-state index in [1.807, 2.05) is 24.3 Å². The van der Waals surface area contributed by atoms with Gasteiger partial charge in [0.2, 0.25) is 0 Å². The summed E-state index contributed by atoms with van der Waals surface area (Å²) in [6.45, 7) is 0. The molecule has 4 heteroatoms. The number of fused-ring (bicyclic) bond motifs is 2. The summed E-state index contributed by atoms with van der Waals surface area (Å²) < 4.78 is 0. The second-order valence-corrected chi connectivity index (χ2v) is 7.31. The molecule has 0 fully saturated rings. The number of para-hydroxylation sites is 1. The molecule has 130 valence electrons. The number of carboxylic acid groups (broad SMARTS) is 1. The molecule has 1 aliphatic carbocycles. The molecule has 1 heterocycles. The average Bonchev–Trinajstić information content (AvgIpc) is 2.67. The maximum atomic E-state index is 12.0. The number of hydrogen-bond acceptors (Lipinski definition) is 3. The third kappa shape index (κ3) is 3.01. The van der Waals surface area contributed by atoms with E-state index in [0.29, 0.717) is 5.56 Å². The SMILES string of the molecule is CSc1ccc(C=C2CCCc3c2nc2ccccc2c3C(=O)O)cc1. The molecular weight excluding hydrogens is 342 g/mol. The predicted octanol–water partition coefficient (Wildman–Crippen LogP) is 5.53. The fourth-order valence-corrected chi connectivity index (χ4v) is 4.03. The van der Waals surface area contributed by atoms with E-state index < -0.39 is 5.97 Å². The Kier molecular flexibility index (Phi) is 4.51. The molecule has 0 saturated heterocycles. The lowest BCUT2D eigenvalue weighted by Crippen LogP contribution is -2.13. The number of hydrogen-bond donors (Lipinski definition) is 1. The maximum absolute atomic E-state index is 12.0. The first-order valence-corrected chi connectivity index (χ1v) is 9.90. The summed E-state index contributed by atoms with van der Waals surface area (Å²) in [4.78, 5) is 18.0. The van der Waals surface area contributed by atoms with Gasteiger partial charge in [-0.1, -0.05) is 30.3 Å². The molecule has 0 saturated carbocycles. The van der Waals surface area contributed by atoms with Crippen LogP contribution in [0, 0.1) is 0 Å². The normalized spacial score (nSPS) is 15.2. The van der Waals surface area contributed by atoms with E-state index in [-0.39, 0.29) is 0 Å². The molecule has 1 aromatic heterocycles. The van der Waals surface area contributed by atoms with E-state index >= 15 is 0 Å². The molecule has 4 rings (SSSR count). The summed E-state index contributed by atoms with van der Waals surface area (Å²) in [7, 11) is 0. The summed E-state index contributed by atoms with van der Waals surface area (Å²) in [5.41, 5.74) is 5.12. The maximum Gasteiger partial charge on any atom is 0.336 e. The summed E-state index contributed by atoms with van der Waals surface area (Å²) in [6, 6.07) is 15.9. The van der Waals surface area contributed by atoms with E-state index in [4.69, 9.17) is 4.98 Å². The summed E-state index contributed by atoms with van der Waals surface area (Å²) >= 11 is 1.72. The number of rotatable bonds is 3. The fourth-order valence-electron chi connectivity index (χ4n) is 3.62. The average molecular weight is 361 g/mol. The van der Waals surface area contributed by atoms with E-state index in [1.165, 1.54) is 4.90 Å². The van der Waals surface area contributed by atoms with E-state index in [0.717, 1.165) is 52.6 Å². The topological polar surface area (TPSA) is 50.2 Å². The molecule has 26 heavy (non-hydrogen) atoms. The molecule has 0 spiro atoms. The van der Waals surface area contributed by atoms with Crippen LogP contribution in [-0.4, -0.2) is 22.3 Å². The van der Waals surface area contributed by atoms with Crippen molar-refractivity contribution in [2.75, 3.05) is 6.26 Å². The van der Waals surface area contributed by atoms with Gasteiger partial charge in [0, 0.05) is 10.3 Å². The van der Waals surface area contributed by atoms with Gasteiger partial charge < -0.3 is 5.11 Å². The number of nitrogens with zero attached hydrogens (tertiary/aromatic N) is 1. The first-order chi connectivity index (χ1) is 12.7. The quantitative estimate of drug-likeness (QED) is 0.623. The van der Waals surface area contributed by atoms with Crippen LogP contribution < -0.4 is 0 Å². The molecule has 1 aliphatic rings. The van der Waals surface area contributed by atoms with Crippen molar-refractivity contribution in [2.24, 2.45) is 0 Å². The number of aromatic carboxylic acids is 1. The van der Waals surface area contributed by atoms with Crippen molar-refractivity contribution in [1.82, 2.24) is 4.98 Å².